The van der Waals surface area contributed by atoms with Gasteiger partial charge >= 0.3 is 0 Å². The molecule has 0 fully saturated rings. The summed E-state index contributed by atoms with van der Waals surface area (Å²) in [6.07, 6.45) is 2.06. The Morgan fingerprint density at radius 2 is 1.64 bits per heavy atom. The molecule has 1 N–H and O–H groups in total. The molecule has 0 aliphatic heterocycles. The van der Waals surface area contributed by atoms with Crippen molar-refractivity contribution in [3.63, 3.8) is 0 Å². The molecule has 2 aromatic rings. The summed E-state index contributed by atoms with van der Waals surface area (Å²) in [4.78, 5) is 0. The Morgan fingerprint density at radius 1 is 0.955 bits per heavy atom. The van der Waals surface area contributed by atoms with Gasteiger partial charge in [-0.25, -0.2) is 0 Å². The van der Waals surface area contributed by atoms with Gasteiger partial charge in [0.25, 0.3) is 0 Å². The van der Waals surface area contributed by atoms with Crippen molar-refractivity contribution in [2.24, 2.45) is 0 Å². The molecule has 0 unspecified atom stereocenters. The Kier molecular flexibility index (Phi) is 6.32. The molecule has 0 saturated carbocycles. The highest BCUT2D eigenvalue weighted by atomic mass is 16.5. The molecule has 2 heteroatoms. The van der Waals surface area contributed by atoms with Crippen molar-refractivity contribution in [1.29, 1.82) is 0 Å². The van der Waals surface area contributed by atoms with Gasteiger partial charge in [0, 0.05) is 12.2 Å². The summed E-state index contributed by atoms with van der Waals surface area (Å²) < 4.78 is 5.75. The number of ether oxygens (including phenoxy) is 1. The van der Waals surface area contributed by atoms with Crippen molar-refractivity contribution < 1.29 is 4.74 Å². The molecule has 0 aliphatic carbocycles. The van der Waals surface area contributed by atoms with Crippen LogP contribution >= 0.6 is 0 Å². The third-order valence-corrected chi connectivity index (χ3v) is 3.83. The summed E-state index contributed by atoms with van der Waals surface area (Å²) in [5, 5.41) is 3.44. The zero-order valence-corrected chi connectivity index (χ0v) is 13.9. The van der Waals surface area contributed by atoms with Crippen molar-refractivity contribution in [3.05, 3.63) is 59.7 Å². The minimum atomic E-state index is 0.585. The molecule has 0 bridgehead atoms. The summed E-state index contributed by atoms with van der Waals surface area (Å²) in [5.41, 5.74) is 3.90. The Balaban J connectivity index is 1.66. The minimum absolute atomic E-state index is 0.585. The normalized spacial score (nSPS) is 10.7. The van der Waals surface area contributed by atoms with Gasteiger partial charge in [0.05, 0.1) is 6.61 Å². The van der Waals surface area contributed by atoms with E-state index in [-0.39, 0.29) is 0 Å². The van der Waals surface area contributed by atoms with Gasteiger partial charge in [-0.1, -0.05) is 45.0 Å². The number of hydrogen-bond acceptors (Lipinski definition) is 2. The molecular weight excluding hydrogens is 270 g/mol. The Labute approximate surface area is 134 Å². The van der Waals surface area contributed by atoms with Crippen LogP contribution in [0.25, 0.3) is 0 Å². The SMILES string of the molecule is CCc1ccc(OCCCNc2ccc(C(C)C)cc2)cc1. The van der Waals surface area contributed by atoms with Gasteiger partial charge in [-0.2, -0.15) is 0 Å². The number of hydrogen-bond donors (Lipinski definition) is 1. The molecule has 0 heterocycles. The van der Waals surface area contributed by atoms with Gasteiger partial charge < -0.3 is 10.1 Å². The average Bonchev–Trinajstić information content (AvgIpc) is 2.55. The van der Waals surface area contributed by atoms with Crippen LogP contribution in [0.1, 0.15) is 44.2 Å². The number of aryl methyl sites for hydroxylation is 1. The highest BCUT2D eigenvalue weighted by Crippen LogP contribution is 2.17. The molecule has 2 aromatic carbocycles. The van der Waals surface area contributed by atoms with E-state index in [9.17, 15) is 0 Å². The first kappa shape index (κ1) is 16.4. The summed E-state index contributed by atoms with van der Waals surface area (Å²) in [7, 11) is 0. The second-order valence-corrected chi connectivity index (χ2v) is 5.90. The number of benzene rings is 2. The fourth-order valence-corrected chi connectivity index (χ4v) is 2.30. The van der Waals surface area contributed by atoms with E-state index in [1.54, 1.807) is 0 Å². The monoisotopic (exact) mass is 297 g/mol. The molecule has 0 saturated heterocycles. The van der Waals surface area contributed by atoms with Crippen molar-refractivity contribution in [1.82, 2.24) is 0 Å². The molecule has 0 spiro atoms. The zero-order valence-electron chi connectivity index (χ0n) is 13.9. The van der Waals surface area contributed by atoms with E-state index in [4.69, 9.17) is 4.74 Å². The molecule has 22 heavy (non-hydrogen) atoms. The Hall–Kier alpha value is -1.96. The van der Waals surface area contributed by atoms with Crippen molar-refractivity contribution in [2.45, 2.75) is 39.5 Å². The van der Waals surface area contributed by atoms with Crippen LogP contribution in [0, 0.1) is 0 Å². The van der Waals surface area contributed by atoms with E-state index in [1.807, 2.05) is 0 Å². The summed E-state index contributed by atoms with van der Waals surface area (Å²) in [5.74, 6) is 1.54. The maximum Gasteiger partial charge on any atom is 0.119 e. The van der Waals surface area contributed by atoms with Gasteiger partial charge in [0.1, 0.15) is 5.75 Å². The number of nitrogens with one attached hydrogen (secondary N) is 1. The van der Waals surface area contributed by atoms with Crippen LogP contribution in [0.15, 0.2) is 48.5 Å². The van der Waals surface area contributed by atoms with Crippen LogP contribution in [-0.4, -0.2) is 13.2 Å². The maximum atomic E-state index is 5.75. The van der Waals surface area contributed by atoms with Gasteiger partial charge in [0.2, 0.25) is 0 Å². The number of rotatable bonds is 8. The molecular formula is C20H27NO. The molecule has 118 valence electrons. The number of anilines is 1. The fourth-order valence-electron chi connectivity index (χ4n) is 2.30. The second-order valence-electron chi connectivity index (χ2n) is 5.90. The largest absolute Gasteiger partial charge is 0.494 e. The van der Waals surface area contributed by atoms with Crippen LogP contribution in [-0.2, 0) is 6.42 Å². The lowest BCUT2D eigenvalue weighted by Crippen LogP contribution is -2.07. The van der Waals surface area contributed by atoms with E-state index >= 15 is 0 Å². The molecule has 0 atom stereocenters. The standard InChI is InChI=1S/C20H27NO/c1-4-17-6-12-20(13-7-17)22-15-5-14-21-19-10-8-18(9-11-19)16(2)3/h6-13,16,21H,4-5,14-15H2,1-3H3. The quantitative estimate of drug-likeness (QED) is 0.672. The predicted molar refractivity (Wildman–Crippen MR) is 95.0 cm³/mol. The van der Waals surface area contributed by atoms with Crippen LogP contribution in [0.5, 0.6) is 5.75 Å². The highest BCUT2D eigenvalue weighted by Gasteiger charge is 1.99. The first-order valence-electron chi connectivity index (χ1n) is 8.24. The van der Waals surface area contributed by atoms with E-state index in [0.29, 0.717) is 5.92 Å². The molecule has 2 nitrogen and oxygen atoms in total. The molecule has 0 aliphatic rings. The first-order chi connectivity index (χ1) is 10.7. The lowest BCUT2D eigenvalue weighted by molar-refractivity contribution is 0.315. The molecule has 0 radical (unpaired) electrons. The zero-order chi connectivity index (χ0) is 15.8. The van der Waals surface area contributed by atoms with Crippen molar-refractivity contribution >= 4 is 5.69 Å². The smallest absolute Gasteiger partial charge is 0.119 e. The Bertz CT molecular complexity index is 543. The van der Waals surface area contributed by atoms with E-state index in [1.165, 1.54) is 16.8 Å². The summed E-state index contributed by atoms with van der Waals surface area (Å²) in [6.45, 7) is 8.26. The molecule has 2 rings (SSSR count). The van der Waals surface area contributed by atoms with Crippen molar-refractivity contribution in [2.75, 3.05) is 18.5 Å². The van der Waals surface area contributed by atoms with Crippen LogP contribution in [0.2, 0.25) is 0 Å². The van der Waals surface area contributed by atoms with E-state index in [2.05, 4.69) is 74.6 Å². The van der Waals surface area contributed by atoms with Crippen LogP contribution < -0.4 is 10.1 Å². The second kappa shape index (κ2) is 8.47. The van der Waals surface area contributed by atoms with Crippen LogP contribution in [0.3, 0.4) is 0 Å². The maximum absolute atomic E-state index is 5.75. The minimum Gasteiger partial charge on any atom is -0.494 e. The predicted octanol–water partition coefficient (Wildman–Crippen LogP) is 5.25. The summed E-state index contributed by atoms with van der Waals surface area (Å²) >= 11 is 0. The van der Waals surface area contributed by atoms with E-state index < -0.39 is 0 Å². The van der Waals surface area contributed by atoms with Gasteiger partial charge in [-0.05, 0) is 54.2 Å². The molecule has 0 aromatic heterocycles. The van der Waals surface area contributed by atoms with E-state index in [0.717, 1.165) is 31.7 Å². The third-order valence-electron chi connectivity index (χ3n) is 3.83. The third kappa shape index (κ3) is 5.10. The molecule has 0 amide bonds. The summed E-state index contributed by atoms with van der Waals surface area (Å²) in [6, 6.07) is 17.1. The van der Waals surface area contributed by atoms with Gasteiger partial charge in [-0.3, -0.25) is 0 Å². The first-order valence-corrected chi connectivity index (χ1v) is 8.24. The van der Waals surface area contributed by atoms with Gasteiger partial charge in [0.15, 0.2) is 0 Å². The highest BCUT2D eigenvalue weighted by molar-refractivity contribution is 5.45. The van der Waals surface area contributed by atoms with Crippen molar-refractivity contribution in [3.8, 4) is 5.75 Å². The topological polar surface area (TPSA) is 21.3 Å². The van der Waals surface area contributed by atoms with Gasteiger partial charge in [-0.15, -0.1) is 0 Å². The lowest BCUT2D eigenvalue weighted by Gasteiger charge is -2.10. The average molecular weight is 297 g/mol. The Morgan fingerprint density at radius 3 is 2.23 bits per heavy atom. The van der Waals surface area contributed by atoms with Crippen LogP contribution in [0.4, 0.5) is 5.69 Å². The lowest BCUT2D eigenvalue weighted by atomic mass is 10.0. The fraction of sp³-hybridized carbons (Fsp3) is 0.400.